The third kappa shape index (κ3) is 8.32. The Bertz CT molecular complexity index is 1060. The summed E-state index contributed by atoms with van der Waals surface area (Å²) in [5.41, 5.74) is 12.1. The molecule has 6 N–H and O–H groups in total. The Morgan fingerprint density at radius 3 is 2.43 bits per heavy atom. The summed E-state index contributed by atoms with van der Waals surface area (Å²) in [5, 5.41) is 9.80. The molecule has 0 bridgehead atoms. The number of piperidine rings is 1. The number of benzene rings is 1. The molecule has 3 atom stereocenters. The highest BCUT2D eigenvalue weighted by molar-refractivity contribution is 7.89. The van der Waals surface area contributed by atoms with Gasteiger partial charge in [0.2, 0.25) is 15.9 Å². The highest BCUT2D eigenvalue weighted by atomic mass is 32.2. The molecule has 0 aromatic heterocycles. The molecule has 1 aliphatic rings. The van der Waals surface area contributed by atoms with E-state index in [9.17, 15) is 23.1 Å². The number of sulfonamides is 1. The SMILES string of the molecule is CCCOc1c(C)cc(S(=O)(=O)N[C@@H](CCCN=C(N)N)C(=O)N2CC[C@@H](CC)C[C@@H]2C(=O)O)cc1C. The van der Waals surface area contributed by atoms with Crippen molar-refractivity contribution in [2.24, 2.45) is 22.4 Å². The van der Waals surface area contributed by atoms with Crippen LogP contribution in [0.4, 0.5) is 0 Å². The minimum atomic E-state index is -4.12. The van der Waals surface area contributed by atoms with E-state index >= 15 is 0 Å². The lowest BCUT2D eigenvalue weighted by Crippen LogP contribution is -2.56. The topological polar surface area (TPSA) is 177 Å². The summed E-state index contributed by atoms with van der Waals surface area (Å²) in [4.78, 5) is 30.8. The molecule has 1 aliphatic heterocycles. The monoisotopic (exact) mass is 539 g/mol. The van der Waals surface area contributed by atoms with Gasteiger partial charge in [-0.3, -0.25) is 9.79 Å². The molecule has 1 aromatic carbocycles. The van der Waals surface area contributed by atoms with Crippen molar-refractivity contribution in [1.82, 2.24) is 9.62 Å². The minimum absolute atomic E-state index is 0.00727. The van der Waals surface area contributed by atoms with Crippen LogP contribution in [0.5, 0.6) is 5.75 Å². The van der Waals surface area contributed by atoms with Crippen molar-refractivity contribution in [2.45, 2.75) is 83.2 Å². The van der Waals surface area contributed by atoms with E-state index in [1.165, 1.54) is 17.0 Å². The first-order valence-electron chi connectivity index (χ1n) is 12.8. The van der Waals surface area contributed by atoms with Crippen molar-refractivity contribution in [3.63, 3.8) is 0 Å². The number of ether oxygens (including phenoxy) is 1. The molecule has 1 aromatic rings. The number of likely N-dealkylation sites (tertiary alicyclic amines) is 1. The molecule has 2 rings (SSSR count). The summed E-state index contributed by atoms with van der Waals surface area (Å²) in [6, 6.07) is 0.841. The number of rotatable bonds is 13. The smallest absolute Gasteiger partial charge is 0.326 e. The summed E-state index contributed by atoms with van der Waals surface area (Å²) >= 11 is 0. The standard InChI is InChI=1S/C25H41N5O6S/c1-5-12-36-22-16(3)13-19(14-17(22)4)37(34,35)29-20(8-7-10-28-25(26)27)23(31)30-11-9-18(6-2)15-21(30)24(32)33/h13-14,18,20-21,29H,5-12,15H2,1-4H3,(H,32,33)(H4,26,27,28)/t18-,20+,21-/m1/s1. The molecule has 0 unspecified atom stereocenters. The molecule has 1 amide bonds. The van der Waals surface area contributed by atoms with E-state index in [0.717, 1.165) is 12.8 Å². The number of nitrogens with one attached hydrogen (secondary N) is 1. The van der Waals surface area contributed by atoms with Crippen LogP contribution in [0.1, 0.15) is 63.5 Å². The molecule has 1 saturated heterocycles. The summed E-state index contributed by atoms with van der Waals surface area (Å²) in [6.45, 7) is 8.48. The van der Waals surface area contributed by atoms with Crippen LogP contribution in [0.15, 0.2) is 22.0 Å². The normalized spacial score (nSPS) is 18.8. The zero-order valence-corrected chi connectivity index (χ0v) is 23.0. The van der Waals surface area contributed by atoms with E-state index in [0.29, 0.717) is 42.7 Å². The summed E-state index contributed by atoms with van der Waals surface area (Å²) < 4.78 is 35.1. The van der Waals surface area contributed by atoms with Gasteiger partial charge in [-0.2, -0.15) is 4.72 Å². The summed E-state index contributed by atoms with van der Waals surface area (Å²) in [5.74, 6) is -0.934. The Kier molecular flexibility index (Phi) is 11.2. The van der Waals surface area contributed by atoms with Crippen molar-refractivity contribution < 1.29 is 27.9 Å². The summed E-state index contributed by atoms with van der Waals surface area (Å²) in [7, 11) is -4.12. The number of guanidine groups is 1. The number of hydrogen-bond acceptors (Lipinski definition) is 6. The first-order valence-corrected chi connectivity index (χ1v) is 14.2. The molecule has 37 heavy (non-hydrogen) atoms. The largest absolute Gasteiger partial charge is 0.493 e. The number of nitrogens with zero attached hydrogens (tertiary/aromatic N) is 2. The van der Waals surface area contributed by atoms with Gasteiger partial charge in [0.15, 0.2) is 5.96 Å². The van der Waals surface area contributed by atoms with Crippen molar-refractivity contribution in [3.05, 3.63) is 23.3 Å². The van der Waals surface area contributed by atoms with Crippen LogP contribution in [-0.2, 0) is 19.6 Å². The maximum atomic E-state index is 13.6. The van der Waals surface area contributed by atoms with Gasteiger partial charge in [0.05, 0.1) is 11.5 Å². The predicted molar refractivity (Wildman–Crippen MR) is 142 cm³/mol. The van der Waals surface area contributed by atoms with Gasteiger partial charge in [0.1, 0.15) is 17.8 Å². The Hall–Kier alpha value is -2.86. The van der Waals surface area contributed by atoms with Crippen LogP contribution >= 0.6 is 0 Å². The predicted octanol–water partition coefficient (Wildman–Crippen LogP) is 1.89. The van der Waals surface area contributed by atoms with Crippen LogP contribution in [0, 0.1) is 19.8 Å². The van der Waals surface area contributed by atoms with Crippen LogP contribution in [0.2, 0.25) is 0 Å². The van der Waals surface area contributed by atoms with Crippen LogP contribution in [0.3, 0.4) is 0 Å². The average Bonchev–Trinajstić information content (AvgIpc) is 2.84. The van der Waals surface area contributed by atoms with Crippen molar-refractivity contribution in [3.8, 4) is 5.75 Å². The Morgan fingerprint density at radius 1 is 1.24 bits per heavy atom. The number of aryl methyl sites for hydroxylation is 2. The number of hydrogen-bond donors (Lipinski definition) is 4. The lowest BCUT2D eigenvalue weighted by atomic mass is 9.88. The van der Waals surface area contributed by atoms with Gasteiger partial charge >= 0.3 is 5.97 Å². The zero-order valence-electron chi connectivity index (χ0n) is 22.2. The van der Waals surface area contributed by atoms with Gasteiger partial charge in [-0.05, 0) is 75.1 Å². The van der Waals surface area contributed by atoms with Gasteiger partial charge in [-0.25, -0.2) is 13.2 Å². The van der Waals surface area contributed by atoms with Gasteiger partial charge in [0, 0.05) is 13.1 Å². The fourth-order valence-corrected chi connectivity index (χ4v) is 5.99. The maximum absolute atomic E-state index is 13.6. The molecule has 0 radical (unpaired) electrons. The molecule has 12 heteroatoms. The molecule has 11 nitrogen and oxygen atoms in total. The van der Waals surface area contributed by atoms with Crippen molar-refractivity contribution in [2.75, 3.05) is 19.7 Å². The second-order valence-electron chi connectivity index (χ2n) is 9.54. The average molecular weight is 540 g/mol. The number of nitrogens with two attached hydrogens (primary N) is 2. The van der Waals surface area contributed by atoms with Crippen molar-refractivity contribution in [1.29, 1.82) is 0 Å². The van der Waals surface area contributed by atoms with E-state index in [-0.39, 0.29) is 36.3 Å². The van der Waals surface area contributed by atoms with Gasteiger partial charge in [-0.1, -0.05) is 20.3 Å². The van der Waals surface area contributed by atoms with Crippen LogP contribution in [-0.4, -0.2) is 68.0 Å². The van der Waals surface area contributed by atoms with Crippen molar-refractivity contribution >= 4 is 27.9 Å². The zero-order chi connectivity index (χ0) is 27.8. The lowest BCUT2D eigenvalue weighted by Gasteiger charge is -2.38. The van der Waals surface area contributed by atoms with E-state index in [4.69, 9.17) is 16.2 Å². The number of aliphatic imine (C=N–C) groups is 1. The second kappa shape index (κ2) is 13.6. The van der Waals surface area contributed by atoms with E-state index < -0.39 is 34.0 Å². The second-order valence-corrected chi connectivity index (χ2v) is 11.3. The number of carbonyl (C=O) groups is 2. The third-order valence-corrected chi connectivity index (χ3v) is 8.04. The lowest BCUT2D eigenvalue weighted by molar-refractivity contribution is -0.154. The molecule has 0 spiro atoms. The molecular weight excluding hydrogens is 498 g/mol. The molecule has 0 aliphatic carbocycles. The van der Waals surface area contributed by atoms with Gasteiger partial charge in [-0.15, -0.1) is 0 Å². The van der Waals surface area contributed by atoms with Gasteiger partial charge in [0.25, 0.3) is 0 Å². The Labute approximate surface area is 219 Å². The number of carboxylic acid groups (broad SMARTS) is 1. The number of carbonyl (C=O) groups excluding carboxylic acids is 1. The molecular formula is C25H41N5O6S. The summed E-state index contributed by atoms with van der Waals surface area (Å²) in [6.07, 6.45) is 3.06. The van der Waals surface area contributed by atoms with E-state index in [1.54, 1.807) is 13.8 Å². The van der Waals surface area contributed by atoms with E-state index in [1.807, 2.05) is 13.8 Å². The molecule has 0 saturated carbocycles. The van der Waals surface area contributed by atoms with Crippen LogP contribution < -0.4 is 20.9 Å². The highest BCUT2D eigenvalue weighted by Crippen LogP contribution is 2.29. The molecule has 208 valence electrons. The first-order chi connectivity index (χ1) is 17.4. The quantitative estimate of drug-likeness (QED) is 0.167. The highest BCUT2D eigenvalue weighted by Gasteiger charge is 2.39. The molecule has 1 heterocycles. The number of aliphatic carboxylic acids is 1. The minimum Gasteiger partial charge on any atom is -0.493 e. The van der Waals surface area contributed by atoms with Gasteiger partial charge < -0.3 is 26.2 Å². The third-order valence-electron chi connectivity index (χ3n) is 6.59. The maximum Gasteiger partial charge on any atom is 0.326 e. The fraction of sp³-hybridized carbons (Fsp3) is 0.640. The van der Waals surface area contributed by atoms with Crippen LogP contribution in [0.25, 0.3) is 0 Å². The Morgan fingerprint density at radius 2 is 1.89 bits per heavy atom. The van der Waals surface area contributed by atoms with E-state index in [2.05, 4.69) is 9.71 Å². The fourth-order valence-electron chi connectivity index (χ4n) is 4.60. The first kappa shape index (κ1) is 30.4. The number of amides is 1. The Balaban J connectivity index is 2.34. The molecule has 1 fully saturated rings. The number of carboxylic acids is 1.